The SMILES string of the molecule is CN(C)C1(c2ccccc2)CCC2(CC1)CN(CC(N)=O)C(=O)N2CC(F)(F)F. The number of benzene rings is 1. The number of alkyl halides is 3. The average Bonchev–Trinajstić information content (AvgIpc) is 2.87. The van der Waals surface area contributed by atoms with E-state index in [1.807, 2.05) is 44.4 Å². The van der Waals surface area contributed by atoms with Gasteiger partial charge in [-0.25, -0.2) is 4.79 Å². The molecule has 1 aliphatic carbocycles. The van der Waals surface area contributed by atoms with Crippen molar-refractivity contribution in [3.63, 3.8) is 0 Å². The molecule has 0 atom stereocenters. The minimum Gasteiger partial charge on any atom is -0.368 e. The van der Waals surface area contributed by atoms with Crippen molar-refractivity contribution < 1.29 is 22.8 Å². The molecule has 1 aliphatic heterocycles. The number of carbonyl (C=O) groups excluding carboxylic acids is 2. The van der Waals surface area contributed by atoms with Crippen LogP contribution in [0.25, 0.3) is 0 Å². The van der Waals surface area contributed by atoms with Crippen molar-refractivity contribution in [3.8, 4) is 0 Å². The molecule has 0 unspecified atom stereocenters. The van der Waals surface area contributed by atoms with Gasteiger partial charge in [0, 0.05) is 12.1 Å². The number of hydrogen-bond donors (Lipinski definition) is 1. The van der Waals surface area contributed by atoms with E-state index in [4.69, 9.17) is 5.73 Å². The van der Waals surface area contributed by atoms with E-state index in [1.54, 1.807) is 0 Å². The van der Waals surface area contributed by atoms with Crippen LogP contribution in [0.1, 0.15) is 31.2 Å². The van der Waals surface area contributed by atoms with Crippen LogP contribution in [-0.2, 0) is 10.3 Å². The summed E-state index contributed by atoms with van der Waals surface area (Å²) in [7, 11) is 3.94. The molecule has 9 heteroatoms. The summed E-state index contributed by atoms with van der Waals surface area (Å²) < 4.78 is 39.7. The summed E-state index contributed by atoms with van der Waals surface area (Å²) in [4.78, 5) is 28.2. The normalized spacial score (nSPS) is 27.9. The zero-order valence-corrected chi connectivity index (χ0v) is 16.7. The number of hydrogen-bond acceptors (Lipinski definition) is 3. The Balaban J connectivity index is 1.90. The van der Waals surface area contributed by atoms with E-state index in [2.05, 4.69) is 4.90 Å². The largest absolute Gasteiger partial charge is 0.406 e. The molecule has 0 radical (unpaired) electrons. The summed E-state index contributed by atoms with van der Waals surface area (Å²) in [6.07, 6.45) is -2.47. The van der Waals surface area contributed by atoms with Gasteiger partial charge >= 0.3 is 12.2 Å². The molecule has 1 spiro atoms. The molecule has 1 aromatic carbocycles. The second-order valence-corrected chi connectivity index (χ2v) is 8.32. The first-order chi connectivity index (χ1) is 13.5. The van der Waals surface area contributed by atoms with Crippen molar-refractivity contribution in [2.45, 2.75) is 42.9 Å². The third-order valence-electron chi connectivity index (χ3n) is 6.42. The predicted molar refractivity (Wildman–Crippen MR) is 102 cm³/mol. The maximum atomic E-state index is 13.2. The molecular weight excluding hydrogens is 385 g/mol. The fraction of sp³-hybridized carbons (Fsp3) is 0.600. The molecule has 3 rings (SSSR count). The van der Waals surface area contributed by atoms with Gasteiger partial charge in [0.25, 0.3) is 0 Å². The van der Waals surface area contributed by atoms with Crippen LogP contribution in [0.3, 0.4) is 0 Å². The summed E-state index contributed by atoms with van der Waals surface area (Å²) in [6.45, 7) is -1.60. The number of carbonyl (C=O) groups is 2. The zero-order chi connectivity index (χ0) is 21.4. The van der Waals surface area contributed by atoms with Crippen LogP contribution < -0.4 is 5.73 Å². The van der Waals surface area contributed by atoms with Crippen molar-refractivity contribution in [3.05, 3.63) is 35.9 Å². The lowest BCUT2D eigenvalue weighted by atomic mass is 9.68. The topological polar surface area (TPSA) is 69.9 Å². The van der Waals surface area contributed by atoms with Crippen LogP contribution >= 0.6 is 0 Å². The van der Waals surface area contributed by atoms with Crippen molar-refractivity contribution in [1.29, 1.82) is 0 Å². The quantitative estimate of drug-likeness (QED) is 0.808. The highest BCUT2D eigenvalue weighted by Gasteiger charge is 2.56. The summed E-state index contributed by atoms with van der Waals surface area (Å²) >= 11 is 0. The Morgan fingerprint density at radius 3 is 2.21 bits per heavy atom. The standard InChI is InChI=1S/C20H27F3N4O2/c1-25(2)19(15-6-4-3-5-7-15)10-8-18(9-11-19)13-26(12-16(24)28)17(29)27(18)14-20(21,22)23/h3-7H,8-14H2,1-2H3,(H2,24,28). The Labute approximate surface area is 168 Å². The Morgan fingerprint density at radius 1 is 1.14 bits per heavy atom. The molecule has 29 heavy (non-hydrogen) atoms. The number of primary amides is 1. The fourth-order valence-corrected chi connectivity index (χ4v) is 4.91. The Morgan fingerprint density at radius 2 is 1.72 bits per heavy atom. The van der Waals surface area contributed by atoms with E-state index in [1.165, 1.54) is 0 Å². The number of amides is 3. The summed E-state index contributed by atoms with van der Waals surface area (Å²) in [5, 5.41) is 0. The lowest BCUT2D eigenvalue weighted by molar-refractivity contribution is -0.150. The third-order valence-corrected chi connectivity index (χ3v) is 6.42. The lowest BCUT2D eigenvalue weighted by Gasteiger charge is -2.51. The Bertz CT molecular complexity index is 759. The average molecular weight is 412 g/mol. The molecule has 2 aliphatic rings. The van der Waals surface area contributed by atoms with Crippen LogP contribution in [0.2, 0.25) is 0 Å². The second kappa shape index (κ2) is 7.51. The minimum atomic E-state index is -4.51. The van der Waals surface area contributed by atoms with E-state index < -0.39 is 30.2 Å². The molecule has 6 nitrogen and oxygen atoms in total. The number of urea groups is 1. The van der Waals surface area contributed by atoms with E-state index >= 15 is 0 Å². The van der Waals surface area contributed by atoms with E-state index in [-0.39, 0.29) is 18.6 Å². The highest BCUT2D eigenvalue weighted by atomic mass is 19.4. The lowest BCUT2D eigenvalue weighted by Crippen LogP contribution is -2.57. The van der Waals surface area contributed by atoms with Crippen LogP contribution in [0.5, 0.6) is 0 Å². The van der Waals surface area contributed by atoms with Gasteiger partial charge in [-0.1, -0.05) is 30.3 Å². The summed E-state index contributed by atoms with van der Waals surface area (Å²) in [6, 6.07) is 9.14. The zero-order valence-electron chi connectivity index (χ0n) is 16.7. The van der Waals surface area contributed by atoms with E-state index in [0.717, 1.165) is 15.4 Å². The Kier molecular flexibility index (Phi) is 5.55. The first kappa shape index (κ1) is 21.4. The first-order valence-corrected chi connectivity index (χ1v) is 9.64. The van der Waals surface area contributed by atoms with Gasteiger partial charge in [0.15, 0.2) is 0 Å². The maximum absolute atomic E-state index is 13.2. The van der Waals surface area contributed by atoms with Gasteiger partial charge in [-0.3, -0.25) is 9.69 Å². The van der Waals surface area contributed by atoms with Crippen molar-refractivity contribution in [2.75, 3.05) is 33.7 Å². The van der Waals surface area contributed by atoms with Crippen LogP contribution in [0.15, 0.2) is 30.3 Å². The summed E-state index contributed by atoms with van der Waals surface area (Å²) in [5.41, 5.74) is 5.06. The number of rotatable bonds is 5. The smallest absolute Gasteiger partial charge is 0.368 e. The van der Waals surface area contributed by atoms with Gasteiger partial charge in [-0.15, -0.1) is 0 Å². The molecule has 0 bridgehead atoms. The van der Waals surface area contributed by atoms with Crippen LogP contribution in [-0.4, -0.2) is 72.1 Å². The molecule has 1 saturated carbocycles. The van der Waals surface area contributed by atoms with Gasteiger partial charge in [0.1, 0.15) is 13.1 Å². The summed E-state index contributed by atoms with van der Waals surface area (Å²) in [5.74, 6) is -0.731. The molecule has 1 heterocycles. The monoisotopic (exact) mass is 412 g/mol. The molecule has 1 aromatic rings. The highest BCUT2D eigenvalue weighted by molar-refractivity contribution is 5.85. The maximum Gasteiger partial charge on any atom is 0.406 e. The molecule has 160 valence electrons. The third kappa shape index (κ3) is 4.05. The molecule has 3 amide bonds. The molecule has 0 aromatic heterocycles. The highest BCUT2D eigenvalue weighted by Crippen LogP contribution is 2.49. The van der Waals surface area contributed by atoms with Gasteiger partial charge in [-0.2, -0.15) is 13.2 Å². The van der Waals surface area contributed by atoms with Crippen molar-refractivity contribution in [2.24, 2.45) is 5.73 Å². The van der Waals surface area contributed by atoms with Gasteiger partial charge < -0.3 is 15.5 Å². The molecular formula is C20H27F3N4O2. The number of nitrogens with zero attached hydrogens (tertiary/aromatic N) is 3. The second-order valence-electron chi connectivity index (χ2n) is 8.32. The number of halogens is 3. The van der Waals surface area contributed by atoms with Crippen LogP contribution in [0, 0.1) is 0 Å². The van der Waals surface area contributed by atoms with E-state index in [9.17, 15) is 22.8 Å². The molecule has 2 fully saturated rings. The predicted octanol–water partition coefficient (Wildman–Crippen LogP) is 2.54. The van der Waals surface area contributed by atoms with Gasteiger partial charge in [-0.05, 0) is 45.3 Å². The number of nitrogens with two attached hydrogens (primary N) is 1. The fourth-order valence-electron chi connectivity index (χ4n) is 4.91. The molecule has 1 saturated heterocycles. The molecule has 2 N–H and O–H groups in total. The van der Waals surface area contributed by atoms with Gasteiger partial charge in [0.2, 0.25) is 5.91 Å². The minimum absolute atomic E-state index is 0.0865. The van der Waals surface area contributed by atoms with Gasteiger partial charge in [0.05, 0.1) is 5.54 Å². The Hall–Kier alpha value is -2.29. The van der Waals surface area contributed by atoms with Crippen molar-refractivity contribution in [1.82, 2.24) is 14.7 Å². The van der Waals surface area contributed by atoms with Crippen LogP contribution in [0.4, 0.5) is 18.0 Å². The van der Waals surface area contributed by atoms with E-state index in [0.29, 0.717) is 25.7 Å². The first-order valence-electron chi connectivity index (χ1n) is 9.64. The van der Waals surface area contributed by atoms with Crippen molar-refractivity contribution >= 4 is 11.9 Å².